The van der Waals surface area contributed by atoms with E-state index in [1.807, 2.05) is 33.6 Å². The molecule has 2 rings (SSSR count). The maximum Gasteiger partial charge on any atom is 0.317 e. The summed E-state index contributed by atoms with van der Waals surface area (Å²) in [6, 6.07) is 2.00. The Balaban J connectivity index is 1.73. The molecule has 1 N–H and O–H groups in total. The Morgan fingerprint density at radius 1 is 1.48 bits per heavy atom. The number of nitrogens with one attached hydrogen (secondary N) is 1. The standard InChI is InChI=1S/C15H26N4OS/c1-12(2)14-11-18(7-8-21-14)15(20)16-9-13(3)10-19-6-4-5-17-19/h4-6,12-14H,7-11H2,1-3H3,(H,16,20)/t13-,14-/m0/s1. The van der Waals surface area contributed by atoms with E-state index in [1.165, 1.54) is 0 Å². The molecule has 2 amide bonds. The number of thioether (sulfide) groups is 1. The molecule has 1 aliphatic rings. The second kappa shape index (κ2) is 7.73. The molecule has 0 bridgehead atoms. The highest BCUT2D eigenvalue weighted by atomic mass is 32.2. The predicted octanol–water partition coefficient (Wildman–Crippen LogP) is 2.30. The van der Waals surface area contributed by atoms with E-state index in [4.69, 9.17) is 0 Å². The van der Waals surface area contributed by atoms with Crippen molar-refractivity contribution in [1.82, 2.24) is 20.0 Å². The number of rotatable bonds is 5. The molecule has 1 fully saturated rings. The van der Waals surface area contributed by atoms with Crippen molar-refractivity contribution in [3.63, 3.8) is 0 Å². The molecule has 118 valence electrons. The summed E-state index contributed by atoms with van der Waals surface area (Å²) in [7, 11) is 0. The van der Waals surface area contributed by atoms with Crippen molar-refractivity contribution < 1.29 is 4.79 Å². The fourth-order valence-corrected chi connectivity index (χ4v) is 3.73. The number of hydrogen-bond donors (Lipinski definition) is 1. The van der Waals surface area contributed by atoms with Crippen molar-refractivity contribution >= 4 is 17.8 Å². The first kappa shape index (κ1) is 16.2. The maximum atomic E-state index is 12.3. The van der Waals surface area contributed by atoms with Crippen LogP contribution in [0, 0.1) is 11.8 Å². The van der Waals surface area contributed by atoms with Crippen molar-refractivity contribution in [2.75, 3.05) is 25.4 Å². The number of carbonyl (C=O) groups excluding carboxylic acids is 1. The topological polar surface area (TPSA) is 50.2 Å². The van der Waals surface area contributed by atoms with Gasteiger partial charge in [-0.05, 0) is 17.9 Å². The molecule has 1 aromatic rings. The number of amides is 2. The highest BCUT2D eigenvalue weighted by molar-refractivity contribution is 8.00. The highest BCUT2D eigenvalue weighted by Gasteiger charge is 2.25. The molecule has 0 aliphatic carbocycles. The van der Waals surface area contributed by atoms with Crippen LogP contribution in [0.25, 0.3) is 0 Å². The number of hydrogen-bond acceptors (Lipinski definition) is 3. The minimum atomic E-state index is 0.0771. The van der Waals surface area contributed by atoms with Crippen LogP contribution >= 0.6 is 11.8 Å². The summed E-state index contributed by atoms with van der Waals surface area (Å²) in [5.41, 5.74) is 0. The Morgan fingerprint density at radius 2 is 2.29 bits per heavy atom. The van der Waals surface area contributed by atoms with Gasteiger partial charge in [0, 0.05) is 49.6 Å². The maximum absolute atomic E-state index is 12.3. The van der Waals surface area contributed by atoms with Gasteiger partial charge in [0.2, 0.25) is 0 Å². The van der Waals surface area contributed by atoms with Crippen molar-refractivity contribution in [1.29, 1.82) is 0 Å². The molecular weight excluding hydrogens is 284 g/mol. The van der Waals surface area contributed by atoms with E-state index in [1.54, 1.807) is 6.20 Å². The molecule has 2 heterocycles. The molecule has 1 aromatic heterocycles. The number of urea groups is 1. The van der Waals surface area contributed by atoms with Gasteiger partial charge in [0.15, 0.2) is 0 Å². The molecule has 1 aliphatic heterocycles. The first-order valence-corrected chi connectivity index (χ1v) is 8.73. The normalized spacial score (nSPS) is 20.6. The smallest absolute Gasteiger partial charge is 0.317 e. The molecule has 0 aromatic carbocycles. The van der Waals surface area contributed by atoms with Crippen LogP contribution in [0.2, 0.25) is 0 Å². The van der Waals surface area contributed by atoms with Crippen LogP contribution in [-0.2, 0) is 6.54 Å². The summed E-state index contributed by atoms with van der Waals surface area (Å²) in [6.45, 7) is 9.82. The van der Waals surface area contributed by atoms with Gasteiger partial charge in [-0.15, -0.1) is 0 Å². The van der Waals surface area contributed by atoms with Gasteiger partial charge in [-0.25, -0.2) is 4.79 Å². The Labute approximate surface area is 131 Å². The molecule has 1 saturated heterocycles. The summed E-state index contributed by atoms with van der Waals surface area (Å²) < 4.78 is 1.91. The Hall–Kier alpha value is -1.17. The minimum Gasteiger partial charge on any atom is -0.338 e. The summed E-state index contributed by atoms with van der Waals surface area (Å²) in [5, 5.41) is 7.82. The molecule has 5 nitrogen and oxygen atoms in total. The molecule has 6 heteroatoms. The van der Waals surface area contributed by atoms with Crippen molar-refractivity contribution in [3.05, 3.63) is 18.5 Å². The quantitative estimate of drug-likeness (QED) is 0.908. The number of carbonyl (C=O) groups is 1. The molecule has 0 spiro atoms. The zero-order valence-electron chi connectivity index (χ0n) is 13.2. The van der Waals surface area contributed by atoms with Crippen LogP contribution in [0.15, 0.2) is 18.5 Å². The largest absolute Gasteiger partial charge is 0.338 e. The van der Waals surface area contributed by atoms with Crippen molar-refractivity contribution in [3.8, 4) is 0 Å². The first-order chi connectivity index (χ1) is 10.1. The predicted molar refractivity (Wildman–Crippen MR) is 87.4 cm³/mol. The summed E-state index contributed by atoms with van der Waals surface area (Å²) in [6.07, 6.45) is 3.73. The average molecular weight is 310 g/mol. The highest BCUT2D eigenvalue weighted by Crippen LogP contribution is 2.24. The molecule has 0 unspecified atom stereocenters. The van der Waals surface area contributed by atoms with E-state index < -0.39 is 0 Å². The van der Waals surface area contributed by atoms with Gasteiger partial charge in [-0.3, -0.25) is 4.68 Å². The van der Waals surface area contributed by atoms with Gasteiger partial charge in [-0.2, -0.15) is 16.9 Å². The van der Waals surface area contributed by atoms with Gasteiger partial charge in [0.05, 0.1) is 0 Å². The summed E-state index contributed by atoms with van der Waals surface area (Å²) >= 11 is 1.99. The van der Waals surface area contributed by atoms with Crippen LogP contribution in [0.3, 0.4) is 0 Å². The molecule has 0 radical (unpaired) electrons. The Morgan fingerprint density at radius 3 is 2.95 bits per heavy atom. The van der Waals surface area contributed by atoms with E-state index in [9.17, 15) is 4.79 Å². The second-order valence-electron chi connectivity index (χ2n) is 6.12. The van der Waals surface area contributed by atoms with Crippen LogP contribution < -0.4 is 5.32 Å². The molecule has 0 saturated carbocycles. The number of nitrogens with zero attached hydrogens (tertiary/aromatic N) is 3. The molecular formula is C15H26N4OS. The SMILES string of the molecule is CC(C)[C@@H]1CN(C(=O)NC[C@H](C)Cn2cccn2)CCS1. The van der Waals surface area contributed by atoms with Crippen LogP contribution in [0.1, 0.15) is 20.8 Å². The van der Waals surface area contributed by atoms with E-state index in [0.29, 0.717) is 23.6 Å². The Bertz CT molecular complexity index is 435. The lowest BCUT2D eigenvalue weighted by atomic mass is 10.1. The number of aromatic nitrogens is 2. The summed E-state index contributed by atoms with van der Waals surface area (Å²) in [4.78, 5) is 14.2. The lowest BCUT2D eigenvalue weighted by Crippen LogP contribution is -2.49. The molecule has 2 atom stereocenters. The fraction of sp³-hybridized carbons (Fsp3) is 0.733. The van der Waals surface area contributed by atoms with Crippen LogP contribution in [0.5, 0.6) is 0 Å². The van der Waals surface area contributed by atoms with E-state index in [-0.39, 0.29) is 6.03 Å². The third-order valence-electron chi connectivity index (χ3n) is 3.78. The second-order valence-corrected chi connectivity index (χ2v) is 7.47. The van der Waals surface area contributed by atoms with Gasteiger partial charge >= 0.3 is 6.03 Å². The first-order valence-electron chi connectivity index (χ1n) is 7.68. The van der Waals surface area contributed by atoms with E-state index >= 15 is 0 Å². The lowest BCUT2D eigenvalue weighted by Gasteiger charge is -2.34. The van der Waals surface area contributed by atoms with E-state index in [0.717, 1.165) is 25.4 Å². The van der Waals surface area contributed by atoms with Gasteiger partial charge < -0.3 is 10.2 Å². The lowest BCUT2D eigenvalue weighted by molar-refractivity contribution is 0.195. The summed E-state index contributed by atoms with van der Waals surface area (Å²) in [5.74, 6) is 2.03. The molecule has 21 heavy (non-hydrogen) atoms. The average Bonchev–Trinajstić information content (AvgIpc) is 2.97. The van der Waals surface area contributed by atoms with Gasteiger partial charge in [0.25, 0.3) is 0 Å². The van der Waals surface area contributed by atoms with Crippen molar-refractivity contribution in [2.24, 2.45) is 11.8 Å². The van der Waals surface area contributed by atoms with Crippen LogP contribution in [-0.4, -0.2) is 51.3 Å². The van der Waals surface area contributed by atoms with Gasteiger partial charge in [-0.1, -0.05) is 20.8 Å². The third-order valence-corrected chi connectivity index (χ3v) is 5.32. The third kappa shape index (κ3) is 4.95. The Kier molecular flexibility index (Phi) is 5.96. The fourth-order valence-electron chi connectivity index (χ4n) is 2.43. The zero-order valence-corrected chi connectivity index (χ0v) is 14.0. The zero-order chi connectivity index (χ0) is 15.2. The monoisotopic (exact) mass is 310 g/mol. The van der Waals surface area contributed by atoms with E-state index in [2.05, 4.69) is 31.2 Å². The van der Waals surface area contributed by atoms with Gasteiger partial charge in [0.1, 0.15) is 0 Å². The van der Waals surface area contributed by atoms with Crippen molar-refractivity contribution in [2.45, 2.75) is 32.6 Å². The minimum absolute atomic E-state index is 0.0771. The van der Waals surface area contributed by atoms with Crippen LogP contribution in [0.4, 0.5) is 4.79 Å².